The Morgan fingerprint density at radius 2 is 2.10 bits per heavy atom. The summed E-state index contributed by atoms with van der Waals surface area (Å²) in [4.78, 5) is 4.51. The normalized spacial score (nSPS) is 11.2. The quantitative estimate of drug-likeness (QED) is 0.726. The highest BCUT2D eigenvalue weighted by Gasteiger charge is 2.15. The monoisotopic (exact) mass is 289 g/mol. The molecule has 102 valence electrons. The molecular weight excluding hydrogens is 277 g/mol. The molecule has 0 aliphatic carbocycles. The topological polar surface area (TPSA) is 43.8 Å². The van der Waals surface area contributed by atoms with Crippen molar-refractivity contribution in [2.45, 2.75) is 13.3 Å². The minimum Gasteiger partial charge on any atom is -0.399 e. The van der Waals surface area contributed by atoms with Crippen molar-refractivity contribution in [2.24, 2.45) is 0 Å². The van der Waals surface area contributed by atoms with Crippen LogP contribution in [0.1, 0.15) is 12.7 Å². The van der Waals surface area contributed by atoms with Gasteiger partial charge in [0.05, 0.1) is 21.7 Å². The van der Waals surface area contributed by atoms with E-state index in [9.17, 15) is 4.39 Å². The zero-order valence-corrected chi connectivity index (χ0v) is 11.7. The lowest BCUT2D eigenvalue weighted by Crippen LogP contribution is -2.03. The van der Waals surface area contributed by atoms with E-state index in [2.05, 4.69) is 4.98 Å². The summed E-state index contributed by atoms with van der Waals surface area (Å²) in [6.07, 6.45) is 0.681. The number of halogens is 2. The maximum absolute atomic E-state index is 14.3. The van der Waals surface area contributed by atoms with Crippen LogP contribution in [-0.2, 0) is 6.42 Å². The van der Waals surface area contributed by atoms with Crippen LogP contribution in [0.5, 0.6) is 0 Å². The number of anilines is 1. The molecular formula is C15H13ClFN3. The molecule has 20 heavy (non-hydrogen) atoms. The van der Waals surface area contributed by atoms with Crippen LogP contribution in [0.25, 0.3) is 16.7 Å². The number of fused-ring (bicyclic) bond motifs is 1. The molecule has 1 aromatic heterocycles. The number of imidazole rings is 1. The van der Waals surface area contributed by atoms with E-state index in [1.54, 1.807) is 28.8 Å². The lowest BCUT2D eigenvalue weighted by Gasteiger charge is -2.10. The standard InChI is InChI=1S/C15H13ClFN3/c1-2-14-19-11-8-9(18)6-7-12(11)20(14)13-5-3-4-10(16)15(13)17/h3-8H,2,18H2,1H3. The average Bonchev–Trinajstić information content (AvgIpc) is 2.79. The van der Waals surface area contributed by atoms with Crippen molar-refractivity contribution in [1.29, 1.82) is 0 Å². The number of aryl methyl sites for hydroxylation is 1. The molecule has 0 amide bonds. The highest BCUT2D eigenvalue weighted by atomic mass is 35.5. The van der Waals surface area contributed by atoms with E-state index in [1.165, 1.54) is 6.07 Å². The molecule has 3 rings (SSSR count). The van der Waals surface area contributed by atoms with E-state index >= 15 is 0 Å². The van der Waals surface area contributed by atoms with Gasteiger partial charge in [0, 0.05) is 12.1 Å². The van der Waals surface area contributed by atoms with Crippen LogP contribution in [0, 0.1) is 5.82 Å². The average molecular weight is 290 g/mol. The first-order chi connectivity index (χ1) is 9.61. The summed E-state index contributed by atoms with van der Waals surface area (Å²) in [7, 11) is 0. The summed E-state index contributed by atoms with van der Waals surface area (Å²) in [5, 5.41) is 0.0989. The molecule has 0 saturated heterocycles. The van der Waals surface area contributed by atoms with Crippen LogP contribution in [-0.4, -0.2) is 9.55 Å². The largest absolute Gasteiger partial charge is 0.399 e. The second-order valence-corrected chi connectivity index (χ2v) is 4.95. The predicted octanol–water partition coefficient (Wildman–Crippen LogP) is 3.96. The number of hydrogen-bond acceptors (Lipinski definition) is 2. The zero-order chi connectivity index (χ0) is 14.3. The van der Waals surface area contributed by atoms with E-state index in [1.807, 2.05) is 13.0 Å². The molecule has 2 aromatic carbocycles. The van der Waals surface area contributed by atoms with Gasteiger partial charge >= 0.3 is 0 Å². The third-order valence-corrected chi connectivity index (χ3v) is 3.53. The number of aromatic nitrogens is 2. The van der Waals surface area contributed by atoms with Crippen LogP contribution in [0.4, 0.5) is 10.1 Å². The van der Waals surface area contributed by atoms with E-state index in [0.717, 1.165) is 16.9 Å². The highest BCUT2D eigenvalue weighted by molar-refractivity contribution is 6.30. The number of benzene rings is 2. The van der Waals surface area contributed by atoms with Crippen LogP contribution >= 0.6 is 11.6 Å². The molecule has 1 heterocycles. The Morgan fingerprint density at radius 3 is 2.85 bits per heavy atom. The van der Waals surface area contributed by atoms with Gasteiger partial charge < -0.3 is 5.73 Å². The molecule has 3 nitrogen and oxygen atoms in total. The number of rotatable bonds is 2. The minimum absolute atomic E-state index is 0.0989. The van der Waals surface area contributed by atoms with Gasteiger partial charge in [-0.25, -0.2) is 9.37 Å². The van der Waals surface area contributed by atoms with Gasteiger partial charge in [0.25, 0.3) is 0 Å². The second-order valence-electron chi connectivity index (χ2n) is 4.54. The Labute approximate surface area is 120 Å². The minimum atomic E-state index is -0.444. The van der Waals surface area contributed by atoms with E-state index in [4.69, 9.17) is 17.3 Å². The van der Waals surface area contributed by atoms with Gasteiger partial charge in [0.1, 0.15) is 5.82 Å². The Morgan fingerprint density at radius 1 is 1.30 bits per heavy atom. The van der Waals surface area contributed by atoms with Crippen molar-refractivity contribution in [1.82, 2.24) is 9.55 Å². The Hall–Kier alpha value is -2.07. The molecule has 0 radical (unpaired) electrons. The van der Waals surface area contributed by atoms with Gasteiger partial charge in [-0.15, -0.1) is 0 Å². The molecule has 0 spiro atoms. The van der Waals surface area contributed by atoms with Crippen LogP contribution in [0.15, 0.2) is 36.4 Å². The summed E-state index contributed by atoms with van der Waals surface area (Å²) in [5.41, 5.74) is 8.38. The van der Waals surface area contributed by atoms with Gasteiger partial charge in [0.2, 0.25) is 0 Å². The van der Waals surface area contributed by atoms with Crippen molar-refractivity contribution in [2.75, 3.05) is 5.73 Å². The summed E-state index contributed by atoms with van der Waals surface area (Å²) in [5.74, 6) is 0.326. The summed E-state index contributed by atoms with van der Waals surface area (Å²) in [6.45, 7) is 1.98. The van der Waals surface area contributed by atoms with Crippen LogP contribution in [0.2, 0.25) is 5.02 Å². The molecule has 2 N–H and O–H groups in total. The summed E-state index contributed by atoms with van der Waals surface area (Å²) in [6, 6.07) is 10.4. The lowest BCUT2D eigenvalue weighted by molar-refractivity contribution is 0.617. The fourth-order valence-corrected chi connectivity index (χ4v) is 2.49. The highest BCUT2D eigenvalue weighted by Crippen LogP contribution is 2.28. The molecule has 0 unspecified atom stereocenters. The first-order valence-corrected chi connectivity index (χ1v) is 6.71. The molecule has 0 bridgehead atoms. The Bertz CT molecular complexity index is 795. The number of hydrogen-bond donors (Lipinski definition) is 1. The number of nitrogens with zero attached hydrogens (tertiary/aromatic N) is 2. The SMILES string of the molecule is CCc1nc2cc(N)ccc2n1-c1cccc(Cl)c1F. The third kappa shape index (κ3) is 1.93. The first-order valence-electron chi connectivity index (χ1n) is 6.33. The van der Waals surface area contributed by atoms with Crippen molar-refractivity contribution in [3.63, 3.8) is 0 Å². The molecule has 0 aliphatic heterocycles. The maximum Gasteiger partial charge on any atom is 0.165 e. The van der Waals surface area contributed by atoms with Gasteiger partial charge in [-0.1, -0.05) is 24.6 Å². The van der Waals surface area contributed by atoms with E-state index in [-0.39, 0.29) is 5.02 Å². The van der Waals surface area contributed by atoms with Crippen molar-refractivity contribution >= 4 is 28.3 Å². The van der Waals surface area contributed by atoms with E-state index < -0.39 is 5.82 Å². The predicted molar refractivity (Wildman–Crippen MR) is 79.8 cm³/mol. The Balaban J connectivity index is 2.37. The number of nitrogen functional groups attached to an aromatic ring is 1. The maximum atomic E-state index is 14.3. The second kappa shape index (κ2) is 4.80. The fraction of sp³-hybridized carbons (Fsp3) is 0.133. The van der Waals surface area contributed by atoms with Crippen LogP contribution in [0.3, 0.4) is 0 Å². The zero-order valence-electron chi connectivity index (χ0n) is 10.9. The number of nitrogens with two attached hydrogens (primary N) is 1. The molecule has 0 fully saturated rings. The van der Waals surface area contributed by atoms with Gasteiger partial charge in [0.15, 0.2) is 5.82 Å². The Kier molecular flexibility index (Phi) is 3.10. The van der Waals surface area contributed by atoms with Crippen molar-refractivity contribution in [3.05, 3.63) is 53.1 Å². The van der Waals surface area contributed by atoms with Gasteiger partial charge in [-0.3, -0.25) is 4.57 Å². The first kappa shape index (κ1) is 12.9. The molecule has 0 aliphatic rings. The molecule has 0 saturated carbocycles. The summed E-state index contributed by atoms with van der Waals surface area (Å²) >= 11 is 5.87. The third-order valence-electron chi connectivity index (χ3n) is 3.24. The van der Waals surface area contributed by atoms with Gasteiger partial charge in [-0.2, -0.15) is 0 Å². The lowest BCUT2D eigenvalue weighted by atomic mass is 10.2. The van der Waals surface area contributed by atoms with Crippen molar-refractivity contribution in [3.8, 4) is 5.69 Å². The molecule has 0 atom stereocenters. The van der Waals surface area contributed by atoms with Gasteiger partial charge in [-0.05, 0) is 30.3 Å². The van der Waals surface area contributed by atoms with Crippen LogP contribution < -0.4 is 5.73 Å². The van der Waals surface area contributed by atoms with Crippen molar-refractivity contribution < 1.29 is 4.39 Å². The summed E-state index contributed by atoms with van der Waals surface area (Å²) < 4.78 is 16.1. The fourth-order valence-electron chi connectivity index (χ4n) is 2.32. The molecule has 3 aromatic rings. The molecule has 5 heteroatoms. The van der Waals surface area contributed by atoms with E-state index in [0.29, 0.717) is 17.8 Å². The smallest absolute Gasteiger partial charge is 0.165 e.